The molecule has 0 rings (SSSR count). The first kappa shape index (κ1) is 15.3. The van der Waals surface area contributed by atoms with Crippen LogP contribution in [-0.4, -0.2) is 57.2 Å². The SMILES string of the molecule is CC(=O)OCCN(C)CCCOS(=O)(=O)O. The van der Waals surface area contributed by atoms with Crippen molar-refractivity contribution in [1.29, 1.82) is 0 Å². The fourth-order valence-corrected chi connectivity index (χ4v) is 1.28. The topological polar surface area (TPSA) is 93.1 Å². The molecule has 0 saturated heterocycles. The van der Waals surface area contributed by atoms with Gasteiger partial charge in [-0.2, -0.15) is 8.42 Å². The molecule has 0 amide bonds. The average Bonchev–Trinajstić information content (AvgIpc) is 2.10. The number of nitrogens with zero attached hydrogens (tertiary/aromatic N) is 1. The predicted molar refractivity (Wildman–Crippen MR) is 56.2 cm³/mol. The molecule has 0 saturated carbocycles. The molecular formula is C8H17NO6S. The molecule has 0 aromatic rings. The summed E-state index contributed by atoms with van der Waals surface area (Å²) in [6, 6.07) is 0. The van der Waals surface area contributed by atoms with Crippen molar-refractivity contribution < 1.29 is 26.7 Å². The van der Waals surface area contributed by atoms with E-state index in [9.17, 15) is 13.2 Å². The van der Waals surface area contributed by atoms with Crippen molar-refractivity contribution in [3.63, 3.8) is 0 Å². The number of carbonyl (C=O) groups is 1. The lowest BCUT2D eigenvalue weighted by Gasteiger charge is -2.15. The molecule has 1 N–H and O–H groups in total. The molecule has 96 valence electrons. The predicted octanol–water partition coefficient (Wildman–Crippen LogP) is -0.309. The molecule has 0 radical (unpaired) electrons. The van der Waals surface area contributed by atoms with Crippen LogP contribution in [0.4, 0.5) is 0 Å². The first-order valence-electron chi connectivity index (χ1n) is 4.75. The average molecular weight is 255 g/mol. The summed E-state index contributed by atoms with van der Waals surface area (Å²) in [5.74, 6) is -0.330. The summed E-state index contributed by atoms with van der Waals surface area (Å²) < 4.78 is 37.5. The Labute approximate surface area is 95.3 Å². The highest BCUT2D eigenvalue weighted by molar-refractivity contribution is 7.80. The molecular weight excluding hydrogens is 238 g/mol. The van der Waals surface area contributed by atoms with Gasteiger partial charge in [0.05, 0.1) is 6.61 Å². The lowest BCUT2D eigenvalue weighted by Crippen LogP contribution is -2.26. The second kappa shape index (κ2) is 7.55. The highest BCUT2D eigenvalue weighted by Gasteiger charge is 2.04. The lowest BCUT2D eigenvalue weighted by atomic mass is 10.4. The first-order valence-corrected chi connectivity index (χ1v) is 6.11. The van der Waals surface area contributed by atoms with E-state index in [0.717, 1.165) is 0 Å². The number of ether oxygens (including phenoxy) is 1. The fraction of sp³-hybridized carbons (Fsp3) is 0.875. The lowest BCUT2D eigenvalue weighted by molar-refractivity contribution is -0.141. The summed E-state index contributed by atoms with van der Waals surface area (Å²) >= 11 is 0. The molecule has 16 heavy (non-hydrogen) atoms. The standard InChI is InChI=1S/C8H17NO6S/c1-8(10)14-7-5-9(2)4-3-6-15-16(11,12)13/h3-7H2,1-2H3,(H,11,12,13). The number of rotatable bonds is 8. The highest BCUT2D eigenvalue weighted by atomic mass is 32.3. The Morgan fingerprint density at radius 3 is 2.44 bits per heavy atom. The second-order valence-electron chi connectivity index (χ2n) is 3.25. The van der Waals surface area contributed by atoms with Gasteiger partial charge in [0, 0.05) is 20.0 Å². The van der Waals surface area contributed by atoms with Crippen LogP contribution in [0.5, 0.6) is 0 Å². The largest absolute Gasteiger partial charge is 0.465 e. The van der Waals surface area contributed by atoms with Gasteiger partial charge >= 0.3 is 16.4 Å². The van der Waals surface area contributed by atoms with E-state index in [1.54, 1.807) is 7.05 Å². The minimum Gasteiger partial charge on any atom is -0.465 e. The molecule has 0 aliphatic rings. The van der Waals surface area contributed by atoms with Crippen molar-refractivity contribution in [2.24, 2.45) is 0 Å². The zero-order chi connectivity index (χ0) is 12.6. The second-order valence-corrected chi connectivity index (χ2v) is 4.34. The maximum absolute atomic E-state index is 10.4. The third-order valence-corrected chi connectivity index (χ3v) is 2.16. The van der Waals surface area contributed by atoms with Crippen LogP contribution in [0.25, 0.3) is 0 Å². The Hall–Kier alpha value is -0.700. The van der Waals surface area contributed by atoms with Crippen molar-refractivity contribution in [2.75, 3.05) is 33.4 Å². The molecule has 0 aromatic heterocycles. The Morgan fingerprint density at radius 1 is 1.31 bits per heavy atom. The minimum absolute atomic E-state index is 0.0727. The Balaban J connectivity index is 3.44. The number of likely N-dealkylation sites (N-methyl/N-ethyl adjacent to an activating group) is 1. The molecule has 0 spiro atoms. The highest BCUT2D eigenvalue weighted by Crippen LogP contribution is 1.92. The van der Waals surface area contributed by atoms with Gasteiger partial charge in [-0.1, -0.05) is 0 Å². The Bertz CT molecular complexity index is 302. The van der Waals surface area contributed by atoms with E-state index in [2.05, 4.69) is 4.18 Å². The van der Waals surface area contributed by atoms with Gasteiger partial charge in [0.25, 0.3) is 0 Å². The van der Waals surface area contributed by atoms with Crippen LogP contribution in [0.15, 0.2) is 0 Å². The number of hydrogen-bond donors (Lipinski definition) is 1. The molecule has 0 aliphatic carbocycles. The van der Waals surface area contributed by atoms with Gasteiger partial charge in [-0.25, -0.2) is 4.18 Å². The molecule has 0 aliphatic heterocycles. The van der Waals surface area contributed by atoms with Crippen LogP contribution in [0.3, 0.4) is 0 Å². The zero-order valence-corrected chi connectivity index (χ0v) is 10.2. The summed E-state index contributed by atoms with van der Waals surface area (Å²) in [5.41, 5.74) is 0. The third kappa shape index (κ3) is 11.4. The van der Waals surface area contributed by atoms with Gasteiger partial charge in [0.15, 0.2) is 0 Å². The van der Waals surface area contributed by atoms with E-state index in [-0.39, 0.29) is 12.6 Å². The van der Waals surface area contributed by atoms with Crippen LogP contribution >= 0.6 is 0 Å². The minimum atomic E-state index is -4.34. The third-order valence-electron chi connectivity index (χ3n) is 1.69. The molecule has 0 heterocycles. The first-order chi connectivity index (χ1) is 7.31. The van der Waals surface area contributed by atoms with E-state index in [0.29, 0.717) is 26.1 Å². The van der Waals surface area contributed by atoms with Crippen LogP contribution in [-0.2, 0) is 24.1 Å². The Morgan fingerprint density at radius 2 is 1.94 bits per heavy atom. The number of esters is 1. The molecule has 0 bridgehead atoms. The van der Waals surface area contributed by atoms with Crippen molar-refractivity contribution >= 4 is 16.4 Å². The maximum atomic E-state index is 10.4. The van der Waals surface area contributed by atoms with Crippen LogP contribution in [0, 0.1) is 0 Å². The molecule has 7 nitrogen and oxygen atoms in total. The van der Waals surface area contributed by atoms with Crippen molar-refractivity contribution in [2.45, 2.75) is 13.3 Å². The smallest absolute Gasteiger partial charge is 0.397 e. The van der Waals surface area contributed by atoms with Gasteiger partial charge < -0.3 is 9.64 Å². The van der Waals surface area contributed by atoms with Crippen molar-refractivity contribution in [3.8, 4) is 0 Å². The normalized spacial score (nSPS) is 11.8. The van der Waals surface area contributed by atoms with Crippen LogP contribution in [0.1, 0.15) is 13.3 Å². The molecule has 8 heteroatoms. The molecule has 0 unspecified atom stereocenters. The zero-order valence-electron chi connectivity index (χ0n) is 9.38. The number of hydrogen-bond acceptors (Lipinski definition) is 6. The fourth-order valence-electron chi connectivity index (χ4n) is 0.956. The van der Waals surface area contributed by atoms with Gasteiger partial charge in [-0.15, -0.1) is 0 Å². The summed E-state index contributed by atoms with van der Waals surface area (Å²) in [7, 11) is -2.54. The summed E-state index contributed by atoms with van der Waals surface area (Å²) in [5, 5.41) is 0. The van der Waals surface area contributed by atoms with Crippen molar-refractivity contribution in [3.05, 3.63) is 0 Å². The summed E-state index contributed by atoms with van der Waals surface area (Å²) in [6.45, 7) is 2.70. The van der Waals surface area contributed by atoms with E-state index >= 15 is 0 Å². The van der Waals surface area contributed by atoms with Gasteiger partial charge in [0.1, 0.15) is 6.61 Å². The summed E-state index contributed by atoms with van der Waals surface area (Å²) in [4.78, 5) is 12.3. The molecule has 0 fully saturated rings. The van der Waals surface area contributed by atoms with E-state index < -0.39 is 10.4 Å². The quantitative estimate of drug-likeness (QED) is 0.361. The number of carbonyl (C=O) groups excluding carboxylic acids is 1. The van der Waals surface area contributed by atoms with Gasteiger partial charge in [-0.05, 0) is 13.5 Å². The summed E-state index contributed by atoms with van der Waals surface area (Å²) in [6.07, 6.45) is 0.455. The molecule has 0 atom stereocenters. The van der Waals surface area contributed by atoms with Gasteiger partial charge in [0.2, 0.25) is 0 Å². The Kier molecular flexibility index (Phi) is 7.22. The van der Waals surface area contributed by atoms with Crippen LogP contribution < -0.4 is 0 Å². The monoisotopic (exact) mass is 255 g/mol. The molecule has 0 aromatic carbocycles. The van der Waals surface area contributed by atoms with E-state index in [4.69, 9.17) is 9.29 Å². The maximum Gasteiger partial charge on any atom is 0.397 e. The van der Waals surface area contributed by atoms with E-state index in [1.807, 2.05) is 4.90 Å². The van der Waals surface area contributed by atoms with Crippen LogP contribution in [0.2, 0.25) is 0 Å². The van der Waals surface area contributed by atoms with Crippen molar-refractivity contribution in [1.82, 2.24) is 4.90 Å². The van der Waals surface area contributed by atoms with E-state index in [1.165, 1.54) is 6.92 Å². The van der Waals surface area contributed by atoms with Gasteiger partial charge in [-0.3, -0.25) is 9.35 Å².